The molecule has 2 rings (SSSR count). The Morgan fingerprint density at radius 1 is 1.47 bits per heavy atom. The number of hydrogen-bond donors (Lipinski definition) is 1. The molecular weight excluding hydrogens is 230 g/mol. The Bertz CT molecular complexity index is 415. The number of nitrogens with one attached hydrogen (secondary N) is 1. The van der Waals surface area contributed by atoms with Crippen LogP contribution in [0.3, 0.4) is 0 Å². The molecule has 1 amide bonds. The van der Waals surface area contributed by atoms with Crippen LogP contribution >= 0.6 is 11.8 Å². The Labute approximate surface area is 107 Å². The largest absolute Gasteiger partial charge is 0.352 e. The molecule has 3 heteroatoms. The molecule has 92 valence electrons. The van der Waals surface area contributed by atoms with Gasteiger partial charge in [-0.15, -0.1) is 11.8 Å². The molecule has 0 saturated heterocycles. The molecule has 0 saturated carbocycles. The number of amides is 1. The van der Waals surface area contributed by atoms with Crippen LogP contribution in [-0.2, 0) is 6.42 Å². The van der Waals surface area contributed by atoms with Crippen molar-refractivity contribution in [1.82, 2.24) is 5.32 Å². The molecule has 1 heterocycles. The van der Waals surface area contributed by atoms with Crippen molar-refractivity contribution in [2.24, 2.45) is 5.92 Å². The zero-order valence-electron chi connectivity index (χ0n) is 10.5. The molecule has 1 aromatic rings. The van der Waals surface area contributed by atoms with E-state index in [0.717, 1.165) is 18.5 Å². The van der Waals surface area contributed by atoms with Gasteiger partial charge in [-0.1, -0.05) is 13.8 Å². The molecule has 0 aliphatic carbocycles. The summed E-state index contributed by atoms with van der Waals surface area (Å²) in [4.78, 5) is 13.3. The van der Waals surface area contributed by atoms with Crippen molar-refractivity contribution >= 4 is 17.7 Å². The first-order valence-electron chi connectivity index (χ1n) is 6.21. The van der Waals surface area contributed by atoms with E-state index in [4.69, 9.17) is 0 Å². The van der Waals surface area contributed by atoms with Gasteiger partial charge in [0.05, 0.1) is 0 Å². The Balaban J connectivity index is 2.08. The number of benzene rings is 1. The minimum Gasteiger partial charge on any atom is -0.352 e. The Kier molecular flexibility index (Phi) is 4.11. The minimum absolute atomic E-state index is 0.0528. The molecule has 1 N–H and O–H groups in total. The molecule has 0 bridgehead atoms. The van der Waals surface area contributed by atoms with Gasteiger partial charge in [0.25, 0.3) is 5.91 Å². The van der Waals surface area contributed by atoms with E-state index in [1.54, 1.807) is 0 Å². The lowest BCUT2D eigenvalue weighted by atomic mass is 10.1. The second-order valence-corrected chi connectivity index (χ2v) is 6.02. The monoisotopic (exact) mass is 249 g/mol. The quantitative estimate of drug-likeness (QED) is 0.892. The van der Waals surface area contributed by atoms with E-state index < -0.39 is 0 Å². The summed E-state index contributed by atoms with van der Waals surface area (Å²) in [6.07, 6.45) is 2.32. The number of thioether (sulfide) groups is 1. The lowest BCUT2D eigenvalue weighted by molar-refractivity contribution is 0.0949. The van der Waals surface area contributed by atoms with Gasteiger partial charge < -0.3 is 5.32 Å². The lowest BCUT2D eigenvalue weighted by Crippen LogP contribution is -2.27. The van der Waals surface area contributed by atoms with E-state index >= 15 is 0 Å². The van der Waals surface area contributed by atoms with Crippen LogP contribution in [0.1, 0.15) is 36.2 Å². The fourth-order valence-corrected chi connectivity index (χ4v) is 2.92. The first-order valence-corrected chi connectivity index (χ1v) is 7.19. The van der Waals surface area contributed by atoms with Gasteiger partial charge in [-0.05, 0) is 48.3 Å². The van der Waals surface area contributed by atoms with E-state index in [-0.39, 0.29) is 5.91 Å². The first kappa shape index (κ1) is 12.5. The normalized spacial score (nSPS) is 14.5. The third-order valence-corrected chi connectivity index (χ3v) is 4.04. The summed E-state index contributed by atoms with van der Waals surface area (Å²) in [6.45, 7) is 4.94. The topological polar surface area (TPSA) is 29.1 Å². The Morgan fingerprint density at radius 2 is 2.29 bits per heavy atom. The second-order valence-electron chi connectivity index (χ2n) is 4.88. The van der Waals surface area contributed by atoms with Crippen LogP contribution < -0.4 is 5.32 Å². The van der Waals surface area contributed by atoms with Crippen LogP contribution in [0.5, 0.6) is 0 Å². The molecule has 1 aliphatic heterocycles. The van der Waals surface area contributed by atoms with Gasteiger partial charge in [0.1, 0.15) is 0 Å². The highest BCUT2D eigenvalue weighted by Crippen LogP contribution is 2.30. The zero-order chi connectivity index (χ0) is 12.3. The summed E-state index contributed by atoms with van der Waals surface area (Å²) in [5.41, 5.74) is 2.13. The molecule has 0 radical (unpaired) electrons. The van der Waals surface area contributed by atoms with Crippen LogP contribution in [0.2, 0.25) is 0 Å². The maximum atomic E-state index is 11.9. The highest BCUT2D eigenvalue weighted by molar-refractivity contribution is 7.99. The van der Waals surface area contributed by atoms with Crippen molar-refractivity contribution in [3.05, 3.63) is 29.3 Å². The van der Waals surface area contributed by atoms with Gasteiger partial charge in [0.15, 0.2) is 0 Å². The number of fused-ring (bicyclic) bond motifs is 1. The first-order chi connectivity index (χ1) is 8.16. The predicted octanol–water partition coefficient (Wildman–Crippen LogP) is 3.11. The van der Waals surface area contributed by atoms with E-state index in [1.807, 2.05) is 17.8 Å². The molecular formula is C14H19NOS. The predicted molar refractivity (Wildman–Crippen MR) is 72.7 cm³/mol. The van der Waals surface area contributed by atoms with Crippen molar-refractivity contribution in [1.29, 1.82) is 0 Å². The number of aryl methyl sites for hydroxylation is 1. The van der Waals surface area contributed by atoms with Crippen molar-refractivity contribution in [3.8, 4) is 0 Å². The number of hydrogen-bond acceptors (Lipinski definition) is 2. The van der Waals surface area contributed by atoms with Gasteiger partial charge in [0.2, 0.25) is 0 Å². The fourth-order valence-electron chi connectivity index (χ4n) is 1.90. The third kappa shape index (κ3) is 3.25. The highest BCUT2D eigenvalue weighted by atomic mass is 32.2. The van der Waals surface area contributed by atoms with Crippen molar-refractivity contribution < 1.29 is 4.79 Å². The lowest BCUT2D eigenvalue weighted by Gasteiger charge is -2.16. The van der Waals surface area contributed by atoms with E-state index in [0.29, 0.717) is 5.92 Å². The maximum absolute atomic E-state index is 11.9. The van der Waals surface area contributed by atoms with Crippen LogP contribution in [0.4, 0.5) is 0 Å². The summed E-state index contributed by atoms with van der Waals surface area (Å²) >= 11 is 1.90. The molecule has 0 atom stereocenters. The fraction of sp³-hybridized carbons (Fsp3) is 0.500. The van der Waals surface area contributed by atoms with Crippen LogP contribution in [-0.4, -0.2) is 18.2 Å². The molecule has 17 heavy (non-hydrogen) atoms. The van der Waals surface area contributed by atoms with Crippen molar-refractivity contribution in [2.75, 3.05) is 12.3 Å². The molecule has 0 fully saturated rings. The summed E-state index contributed by atoms with van der Waals surface area (Å²) in [5.74, 6) is 1.75. The third-order valence-electron chi connectivity index (χ3n) is 2.84. The minimum atomic E-state index is 0.0528. The number of carbonyl (C=O) groups is 1. The van der Waals surface area contributed by atoms with Crippen LogP contribution in [0.15, 0.2) is 23.1 Å². The van der Waals surface area contributed by atoms with Gasteiger partial charge >= 0.3 is 0 Å². The molecule has 1 aliphatic rings. The van der Waals surface area contributed by atoms with E-state index in [2.05, 4.69) is 31.3 Å². The number of carbonyl (C=O) groups excluding carboxylic acids is 1. The van der Waals surface area contributed by atoms with Crippen LogP contribution in [0, 0.1) is 5.92 Å². The summed E-state index contributed by atoms with van der Waals surface area (Å²) < 4.78 is 0. The van der Waals surface area contributed by atoms with Gasteiger partial charge in [0, 0.05) is 17.0 Å². The second kappa shape index (κ2) is 5.58. The van der Waals surface area contributed by atoms with Gasteiger partial charge in [-0.3, -0.25) is 4.79 Å². The molecule has 0 unspecified atom stereocenters. The average Bonchev–Trinajstić information content (AvgIpc) is 2.35. The SMILES string of the molecule is CC(C)CNC(=O)c1ccc2c(c1)CCCS2. The van der Waals surface area contributed by atoms with Crippen LogP contribution in [0.25, 0.3) is 0 Å². The zero-order valence-corrected chi connectivity index (χ0v) is 11.3. The Morgan fingerprint density at radius 3 is 3.06 bits per heavy atom. The Hall–Kier alpha value is -0.960. The summed E-state index contributed by atoms with van der Waals surface area (Å²) in [5, 5.41) is 2.96. The average molecular weight is 249 g/mol. The molecule has 0 aromatic heterocycles. The van der Waals surface area contributed by atoms with Gasteiger partial charge in [-0.25, -0.2) is 0 Å². The standard InChI is InChI=1S/C14H19NOS/c1-10(2)9-15-14(16)12-5-6-13-11(8-12)4-3-7-17-13/h5-6,8,10H,3-4,7,9H2,1-2H3,(H,15,16). The molecule has 0 spiro atoms. The molecule has 1 aromatic carbocycles. The summed E-state index contributed by atoms with van der Waals surface area (Å²) in [6, 6.07) is 6.08. The van der Waals surface area contributed by atoms with E-state index in [1.165, 1.54) is 22.6 Å². The van der Waals surface area contributed by atoms with Crippen molar-refractivity contribution in [3.63, 3.8) is 0 Å². The van der Waals surface area contributed by atoms with E-state index in [9.17, 15) is 4.79 Å². The smallest absolute Gasteiger partial charge is 0.251 e. The maximum Gasteiger partial charge on any atom is 0.251 e. The highest BCUT2D eigenvalue weighted by Gasteiger charge is 2.13. The summed E-state index contributed by atoms with van der Waals surface area (Å²) in [7, 11) is 0. The molecule has 2 nitrogen and oxygen atoms in total. The van der Waals surface area contributed by atoms with Gasteiger partial charge in [-0.2, -0.15) is 0 Å². The van der Waals surface area contributed by atoms with Crippen molar-refractivity contribution in [2.45, 2.75) is 31.6 Å². The number of rotatable bonds is 3.